The predicted octanol–water partition coefficient (Wildman–Crippen LogP) is 2.79. The first-order valence-corrected chi connectivity index (χ1v) is 6.99. The molecule has 4 heteroatoms. The van der Waals surface area contributed by atoms with Gasteiger partial charge in [-0.2, -0.15) is 0 Å². The number of fused-ring (bicyclic) bond motifs is 1. The summed E-state index contributed by atoms with van der Waals surface area (Å²) < 4.78 is 0. The first-order valence-electron chi connectivity index (χ1n) is 6.62. The van der Waals surface area contributed by atoms with Crippen LogP contribution in [0.5, 0.6) is 5.75 Å². The molecule has 20 heavy (non-hydrogen) atoms. The number of aliphatic hydroxyl groups excluding tert-OH is 1. The molecule has 2 aromatic carbocycles. The van der Waals surface area contributed by atoms with Gasteiger partial charge in [0, 0.05) is 23.6 Å². The van der Waals surface area contributed by atoms with Gasteiger partial charge in [0.1, 0.15) is 5.75 Å². The van der Waals surface area contributed by atoms with Crippen LogP contribution >= 0.6 is 11.6 Å². The van der Waals surface area contributed by atoms with Crippen LogP contribution in [-0.4, -0.2) is 16.3 Å². The molecule has 2 atom stereocenters. The lowest BCUT2D eigenvalue weighted by Crippen LogP contribution is -2.28. The highest BCUT2D eigenvalue weighted by molar-refractivity contribution is 6.30. The molecular formula is C16H16ClNO2. The third-order valence-corrected chi connectivity index (χ3v) is 3.99. The third-order valence-electron chi connectivity index (χ3n) is 3.76. The van der Waals surface area contributed by atoms with Gasteiger partial charge in [0.2, 0.25) is 0 Å². The fourth-order valence-electron chi connectivity index (χ4n) is 2.74. The lowest BCUT2D eigenvalue weighted by molar-refractivity contribution is 0.140. The van der Waals surface area contributed by atoms with Crippen molar-refractivity contribution < 1.29 is 10.2 Å². The van der Waals surface area contributed by atoms with E-state index in [1.807, 2.05) is 24.3 Å². The molecular weight excluding hydrogens is 274 g/mol. The molecule has 0 fully saturated rings. The Morgan fingerprint density at radius 3 is 2.85 bits per heavy atom. The zero-order valence-corrected chi connectivity index (χ0v) is 11.6. The van der Waals surface area contributed by atoms with Gasteiger partial charge in [-0.05, 0) is 29.3 Å². The van der Waals surface area contributed by atoms with E-state index in [9.17, 15) is 10.2 Å². The van der Waals surface area contributed by atoms with Crippen LogP contribution in [0.3, 0.4) is 0 Å². The molecule has 3 N–H and O–H groups in total. The number of aliphatic hydroxyl groups is 1. The highest BCUT2D eigenvalue weighted by atomic mass is 35.5. The SMILES string of the molecule is Oc1ccc(Cl)cc1CN[C@H]1c2ccccc2C[C@H]1O. The van der Waals surface area contributed by atoms with Crippen molar-refractivity contribution in [1.82, 2.24) is 5.32 Å². The number of rotatable bonds is 3. The second kappa shape index (κ2) is 5.44. The van der Waals surface area contributed by atoms with Crippen LogP contribution in [0.4, 0.5) is 0 Å². The van der Waals surface area contributed by atoms with Gasteiger partial charge in [0.15, 0.2) is 0 Å². The number of hydrogen-bond acceptors (Lipinski definition) is 3. The quantitative estimate of drug-likeness (QED) is 0.814. The summed E-state index contributed by atoms with van der Waals surface area (Å²) in [6.07, 6.45) is 0.226. The Hall–Kier alpha value is -1.55. The van der Waals surface area contributed by atoms with Crippen molar-refractivity contribution in [3.63, 3.8) is 0 Å². The fraction of sp³-hybridized carbons (Fsp3) is 0.250. The number of aromatic hydroxyl groups is 1. The zero-order chi connectivity index (χ0) is 14.1. The average molecular weight is 290 g/mol. The van der Waals surface area contributed by atoms with Crippen molar-refractivity contribution in [2.24, 2.45) is 0 Å². The lowest BCUT2D eigenvalue weighted by Gasteiger charge is -2.18. The number of hydrogen-bond donors (Lipinski definition) is 3. The summed E-state index contributed by atoms with van der Waals surface area (Å²) in [6.45, 7) is 0.461. The van der Waals surface area contributed by atoms with Crippen molar-refractivity contribution in [2.75, 3.05) is 0 Å². The molecule has 0 spiro atoms. The smallest absolute Gasteiger partial charge is 0.120 e. The first-order chi connectivity index (χ1) is 9.65. The second-order valence-electron chi connectivity index (χ2n) is 5.10. The maximum atomic E-state index is 10.2. The van der Waals surface area contributed by atoms with Crippen LogP contribution in [-0.2, 0) is 13.0 Å². The van der Waals surface area contributed by atoms with Crippen molar-refractivity contribution >= 4 is 11.6 Å². The minimum absolute atomic E-state index is 0.107. The van der Waals surface area contributed by atoms with Gasteiger partial charge in [-0.3, -0.25) is 0 Å². The molecule has 0 bridgehead atoms. The van der Waals surface area contributed by atoms with Crippen LogP contribution in [0.2, 0.25) is 5.02 Å². The Morgan fingerprint density at radius 2 is 2.00 bits per heavy atom. The predicted molar refractivity (Wildman–Crippen MR) is 78.9 cm³/mol. The van der Waals surface area contributed by atoms with Gasteiger partial charge >= 0.3 is 0 Å². The molecule has 0 radical (unpaired) electrons. The van der Waals surface area contributed by atoms with Gasteiger partial charge in [0.25, 0.3) is 0 Å². The monoisotopic (exact) mass is 289 g/mol. The summed E-state index contributed by atoms with van der Waals surface area (Å²) in [5, 5.41) is 23.9. The highest BCUT2D eigenvalue weighted by Gasteiger charge is 2.30. The largest absolute Gasteiger partial charge is 0.508 e. The molecule has 3 rings (SSSR count). The summed E-state index contributed by atoms with van der Waals surface area (Å²) in [7, 11) is 0. The number of nitrogens with one attached hydrogen (secondary N) is 1. The summed E-state index contributed by atoms with van der Waals surface area (Å²) in [5.41, 5.74) is 3.03. The molecule has 1 aliphatic rings. The maximum Gasteiger partial charge on any atom is 0.120 e. The Labute approximate surface area is 122 Å². The number of halogens is 1. The molecule has 0 saturated carbocycles. The fourth-order valence-corrected chi connectivity index (χ4v) is 2.93. The van der Waals surface area contributed by atoms with Gasteiger partial charge in [-0.1, -0.05) is 35.9 Å². The van der Waals surface area contributed by atoms with E-state index < -0.39 is 6.10 Å². The van der Waals surface area contributed by atoms with Crippen molar-refractivity contribution in [3.05, 3.63) is 64.2 Å². The molecule has 0 aliphatic heterocycles. The molecule has 3 nitrogen and oxygen atoms in total. The summed E-state index contributed by atoms with van der Waals surface area (Å²) in [4.78, 5) is 0. The van der Waals surface area contributed by atoms with Crippen LogP contribution in [0.25, 0.3) is 0 Å². The first kappa shape index (κ1) is 13.4. The normalized spacial score (nSPS) is 20.9. The van der Waals surface area contributed by atoms with Crippen LogP contribution in [0.15, 0.2) is 42.5 Å². The van der Waals surface area contributed by atoms with E-state index in [4.69, 9.17) is 11.6 Å². The summed E-state index contributed by atoms with van der Waals surface area (Å²) >= 11 is 5.93. The van der Waals surface area contributed by atoms with E-state index in [1.165, 1.54) is 5.56 Å². The molecule has 2 aromatic rings. The van der Waals surface area contributed by atoms with Gasteiger partial charge < -0.3 is 15.5 Å². The summed E-state index contributed by atoms with van der Waals surface area (Å²) in [5.74, 6) is 0.211. The van der Waals surface area contributed by atoms with Crippen molar-refractivity contribution in [1.29, 1.82) is 0 Å². The molecule has 0 heterocycles. The van der Waals surface area contributed by atoms with Crippen LogP contribution in [0.1, 0.15) is 22.7 Å². The van der Waals surface area contributed by atoms with Crippen LogP contribution in [0, 0.1) is 0 Å². The van der Waals surface area contributed by atoms with E-state index in [0.29, 0.717) is 18.0 Å². The van der Waals surface area contributed by atoms with E-state index in [1.54, 1.807) is 18.2 Å². The second-order valence-corrected chi connectivity index (χ2v) is 5.54. The average Bonchev–Trinajstić information content (AvgIpc) is 2.75. The van der Waals surface area contributed by atoms with Crippen LogP contribution < -0.4 is 5.32 Å². The molecule has 104 valence electrons. The van der Waals surface area contributed by atoms with Crippen molar-refractivity contribution in [3.8, 4) is 5.75 Å². The minimum Gasteiger partial charge on any atom is -0.508 e. The molecule has 0 saturated heterocycles. The van der Waals surface area contributed by atoms with Crippen molar-refractivity contribution in [2.45, 2.75) is 25.1 Å². The number of benzene rings is 2. The lowest BCUT2D eigenvalue weighted by atomic mass is 10.1. The minimum atomic E-state index is -0.436. The third kappa shape index (κ3) is 2.52. The highest BCUT2D eigenvalue weighted by Crippen LogP contribution is 2.32. The Morgan fingerprint density at radius 1 is 1.20 bits per heavy atom. The molecule has 1 aliphatic carbocycles. The topological polar surface area (TPSA) is 52.5 Å². The van der Waals surface area contributed by atoms with E-state index in [0.717, 1.165) is 11.1 Å². The summed E-state index contributed by atoms with van der Waals surface area (Å²) in [6, 6.07) is 12.9. The van der Waals surface area contributed by atoms with Gasteiger partial charge in [-0.15, -0.1) is 0 Å². The molecule has 0 amide bonds. The molecule has 0 aromatic heterocycles. The van der Waals surface area contributed by atoms with E-state index >= 15 is 0 Å². The Balaban J connectivity index is 1.77. The van der Waals surface area contributed by atoms with E-state index in [2.05, 4.69) is 5.32 Å². The standard InChI is InChI=1S/C16H16ClNO2/c17-12-5-6-14(19)11(7-12)9-18-16-13-4-2-1-3-10(13)8-15(16)20/h1-7,15-16,18-20H,8-9H2/t15-,16+/m1/s1. The maximum absolute atomic E-state index is 10.2. The Kier molecular flexibility index (Phi) is 3.66. The van der Waals surface area contributed by atoms with Gasteiger partial charge in [0.05, 0.1) is 12.1 Å². The zero-order valence-electron chi connectivity index (χ0n) is 10.9. The number of phenols is 1. The molecule has 0 unspecified atom stereocenters. The van der Waals surface area contributed by atoms with E-state index in [-0.39, 0.29) is 11.8 Å². The Bertz CT molecular complexity index is 630. The van der Waals surface area contributed by atoms with Gasteiger partial charge in [-0.25, -0.2) is 0 Å². The number of phenolic OH excluding ortho intramolecular Hbond substituents is 1.